The van der Waals surface area contributed by atoms with Crippen LogP contribution in [-0.2, 0) is 4.57 Å². The second kappa shape index (κ2) is 3.85. The molecular formula is C15H15OP. The summed E-state index contributed by atoms with van der Waals surface area (Å²) in [4.78, 5) is 0. The number of benzene rings is 2. The summed E-state index contributed by atoms with van der Waals surface area (Å²) in [5.41, 5.74) is 1.27. The first kappa shape index (κ1) is 10.8. The van der Waals surface area contributed by atoms with Gasteiger partial charge in [0.25, 0.3) is 0 Å². The molecular weight excluding hydrogens is 227 g/mol. The Morgan fingerprint density at radius 1 is 1.06 bits per heavy atom. The van der Waals surface area contributed by atoms with Gasteiger partial charge in [0.1, 0.15) is 7.14 Å². The second-order valence-electron chi connectivity index (χ2n) is 4.78. The minimum Gasteiger partial charge on any atom is -0.318 e. The van der Waals surface area contributed by atoms with Crippen LogP contribution in [-0.4, -0.2) is 12.3 Å². The lowest BCUT2D eigenvalue weighted by atomic mass is 10.1. The normalized spacial score (nSPS) is 23.9. The van der Waals surface area contributed by atoms with Gasteiger partial charge in [-0.25, -0.2) is 0 Å². The summed E-state index contributed by atoms with van der Waals surface area (Å²) in [6, 6.07) is 14.4. The van der Waals surface area contributed by atoms with E-state index in [2.05, 4.69) is 31.2 Å². The Labute approximate surface area is 102 Å². The number of rotatable bonds is 1. The topological polar surface area (TPSA) is 17.1 Å². The smallest absolute Gasteiger partial charge is 0.123 e. The molecule has 1 atom stereocenters. The van der Waals surface area contributed by atoms with E-state index in [0.717, 1.165) is 23.0 Å². The highest BCUT2D eigenvalue weighted by molar-refractivity contribution is 7.72. The van der Waals surface area contributed by atoms with Gasteiger partial charge in [0, 0.05) is 17.6 Å². The van der Waals surface area contributed by atoms with Crippen LogP contribution in [0.2, 0.25) is 0 Å². The number of hydrogen-bond acceptors (Lipinski definition) is 1. The standard InChI is InChI=1S/C15H15OP/c1-12-9-10-17(16,11-12)15-8-4-6-13-5-2-3-7-14(13)15/h2-9H,10-11H2,1H3/t17-/m0/s1. The van der Waals surface area contributed by atoms with E-state index >= 15 is 0 Å². The summed E-state index contributed by atoms with van der Waals surface area (Å²) < 4.78 is 13.0. The summed E-state index contributed by atoms with van der Waals surface area (Å²) in [7, 11) is -2.22. The van der Waals surface area contributed by atoms with E-state index < -0.39 is 7.14 Å². The Kier molecular flexibility index (Phi) is 2.45. The minimum atomic E-state index is -2.22. The third-order valence-electron chi connectivity index (χ3n) is 3.45. The molecule has 3 rings (SSSR count). The first-order chi connectivity index (χ1) is 8.19. The van der Waals surface area contributed by atoms with Crippen LogP contribution in [0.15, 0.2) is 54.1 Å². The molecule has 1 nitrogen and oxygen atoms in total. The van der Waals surface area contributed by atoms with Gasteiger partial charge < -0.3 is 4.57 Å². The average molecular weight is 242 g/mol. The molecule has 0 radical (unpaired) electrons. The second-order valence-corrected chi connectivity index (χ2v) is 7.72. The SMILES string of the molecule is CC1=CC[P@@](=O)(c2cccc3ccccc23)C1. The van der Waals surface area contributed by atoms with E-state index in [1.165, 1.54) is 11.0 Å². The summed E-state index contributed by atoms with van der Waals surface area (Å²) in [6.07, 6.45) is 3.61. The number of hydrogen-bond donors (Lipinski definition) is 0. The van der Waals surface area contributed by atoms with Crippen molar-refractivity contribution in [1.82, 2.24) is 0 Å². The molecule has 1 aliphatic rings. The van der Waals surface area contributed by atoms with Crippen molar-refractivity contribution in [3.8, 4) is 0 Å². The molecule has 0 amide bonds. The van der Waals surface area contributed by atoms with E-state index in [1.807, 2.05) is 24.3 Å². The number of fused-ring (bicyclic) bond motifs is 1. The molecule has 2 heteroatoms. The van der Waals surface area contributed by atoms with Gasteiger partial charge in [-0.3, -0.25) is 0 Å². The molecule has 0 fully saturated rings. The van der Waals surface area contributed by atoms with E-state index in [1.54, 1.807) is 0 Å². The molecule has 0 saturated carbocycles. The van der Waals surface area contributed by atoms with E-state index in [4.69, 9.17) is 0 Å². The highest BCUT2D eigenvalue weighted by Crippen LogP contribution is 2.51. The van der Waals surface area contributed by atoms with Gasteiger partial charge in [-0.1, -0.05) is 54.1 Å². The third-order valence-corrected chi connectivity index (χ3v) is 6.50. The summed E-state index contributed by atoms with van der Waals surface area (Å²) in [6.45, 7) is 2.07. The van der Waals surface area contributed by atoms with Gasteiger partial charge in [0.15, 0.2) is 0 Å². The van der Waals surface area contributed by atoms with E-state index in [9.17, 15) is 4.57 Å². The van der Waals surface area contributed by atoms with Crippen molar-refractivity contribution in [3.63, 3.8) is 0 Å². The maximum absolute atomic E-state index is 13.0. The maximum Gasteiger partial charge on any atom is 0.123 e. The van der Waals surface area contributed by atoms with Crippen LogP contribution >= 0.6 is 7.14 Å². The molecule has 17 heavy (non-hydrogen) atoms. The van der Waals surface area contributed by atoms with Crippen LogP contribution in [0.5, 0.6) is 0 Å². The maximum atomic E-state index is 13.0. The van der Waals surface area contributed by atoms with Gasteiger partial charge in [-0.05, 0) is 17.7 Å². The van der Waals surface area contributed by atoms with Crippen LogP contribution in [0.25, 0.3) is 10.8 Å². The molecule has 0 spiro atoms. The van der Waals surface area contributed by atoms with Crippen molar-refractivity contribution in [2.24, 2.45) is 0 Å². The Balaban J connectivity index is 2.22. The zero-order valence-corrected chi connectivity index (χ0v) is 10.8. The number of allylic oxidation sites excluding steroid dienone is 2. The fourth-order valence-corrected chi connectivity index (χ4v) is 5.62. The summed E-state index contributed by atoms with van der Waals surface area (Å²) in [5, 5.41) is 3.40. The van der Waals surface area contributed by atoms with E-state index in [-0.39, 0.29) is 0 Å². The Morgan fingerprint density at radius 2 is 1.82 bits per heavy atom. The zero-order chi connectivity index (χ0) is 11.9. The van der Waals surface area contributed by atoms with Gasteiger partial charge in [-0.15, -0.1) is 0 Å². The van der Waals surface area contributed by atoms with Crippen LogP contribution < -0.4 is 5.30 Å². The van der Waals surface area contributed by atoms with E-state index in [0.29, 0.717) is 0 Å². The first-order valence-electron chi connectivity index (χ1n) is 5.91. The lowest BCUT2D eigenvalue weighted by molar-refractivity contribution is 0.585. The Bertz CT molecular complexity index is 650. The molecule has 86 valence electrons. The quantitative estimate of drug-likeness (QED) is 0.549. The molecule has 0 aromatic heterocycles. The first-order valence-corrected chi connectivity index (χ1v) is 7.99. The highest BCUT2D eigenvalue weighted by atomic mass is 31.2. The van der Waals surface area contributed by atoms with Crippen molar-refractivity contribution >= 4 is 23.2 Å². The fraction of sp³-hybridized carbons (Fsp3) is 0.200. The van der Waals surface area contributed by atoms with Crippen molar-refractivity contribution in [2.75, 3.05) is 12.3 Å². The Morgan fingerprint density at radius 3 is 2.59 bits per heavy atom. The summed E-state index contributed by atoms with van der Waals surface area (Å²) in [5.74, 6) is 0. The highest BCUT2D eigenvalue weighted by Gasteiger charge is 2.29. The molecule has 2 aromatic rings. The van der Waals surface area contributed by atoms with Gasteiger partial charge >= 0.3 is 0 Å². The predicted octanol–water partition coefficient (Wildman–Crippen LogP) is 3.79. The third kappa shape index (κ3) is 1.75. The average Bonchev–Trinajstić information content (AvgIpc) is 2.70. The van der Waals surface area contributed by atoms with Crippen LogP contribution in [0.4, 0.5) is 0 Å². The summed E-state index contributed by atoms with van der Waals surface area (Å²) >= 11 is 0. The van der Waals surface area contributed by atoms with Crippen molar-refractivity contribution < 1.29 is 4.57 Å². The predicted molar refractivity (Wildman–Crippen MR) is 74.7 cm³/mol. The zero-order valence-electron chi connectivity index (χ0n) is 9.89. The molecule has 0 N–H and O–H groups in total. The molecule has 1 aliphatic heterocycles. The van der Waals surface area contributed by atoms with Crippen molar-refractivity contribution in [3.05, 3.63) is 54.1 Å². The molecule has 0 saturated heterocycles. The lowest BCUT2D eigenvalue weighted by Gasteiger charge is -2.14. The molecule has 1 heterocycles. The monoisotopic (exact) mass is 242 g/mol. The van der Waals surface area contributed by atoms with Gasteiger partial charge in [-0.2, -0.15) is 0 Å². The van der Waals surface area contributed by atoms with Gasteiger partial charge in [0.05, 0.1) is 0 Å². The van der Waals surface area contributed by atoms with Crippen molar-refractivity contribution in [2.45, 2.75) is 6.92 Å². The molecule has 2 aromatic carbocycles. The largest absolute Gasteiger partial charge is 0.318 e. The fourth-order valence-electron chi connectivity index (χ4n) is 2.58. The van der Waals surface area contributed by atoms with Crippen LogP contribution in [0, 0.1) is 0 Å². The Hall–Kier alpha value is -1.33. The van der Waals surface area contributed by atoms with Gasteiger partial charge in [0.2, 0.25) is 0 Å². The van der Waals surface area contributed by atoms with Crippen LogP contribution in [0.3, 0.4) is 0 Å². The minimum absolute atomic E-state index is 0.729. The molecule has 0 aliphatic carbocycles. The van der Waals surface area contributed by atoms with Crippen molar-refractivity contribution in [1.29, 1.82) is 0 Å². The molecule has 0 bridgehead atoms. The van der Waals surface area contributed by atoms with Crippen LogP contribution in [0.1, 0.15) is 6.92 Å². The molecule has 0 unspecified atom stereocenters. The lowest BCUT2D eigenvalue weighted by Crippen LogP contribution is -2.08.